The van der Waals surface area contributed by atoms with Crippen molar-refractivity contribution in [2.75, 3.05) is 52.6 Å². The van der Waals surface area contributed by atoms with Crippen molar-refractivity contribution in [3.63, 3.8) is 0 Å². The first kappa shape index (κ1) is 48.2. The first-order valence-electron chi connectivity index (χ1n) is 19.5. The third-order valence-corrected chi connectivity index (χ3v) is 8.02. The summed E-state index contributed by atoms with van der Waals surface area (Å²) in [7, 11) is 3.75. The van der Waals surface area contributed by atoms with Crippen molar-refractivity contribution in [1.82, 2.24) is 0 Å². The maximum Gasteiger partial charge on any atom is 0.433 e. The minimum absolute atomic E-state index is 0.195. The number of anilines is 6. The molecule has 0 aromatic heterocycles. The molecule has 0 unspecified atom stereocenters. The predicted molar refractivity (Wildman–Crippen MR) is 237 cm³/mol. The fourth-order valence-electron chi connectivity index (χ4n) is 5.37. The maximum atomic E-state index is 13.9. The smallest absolute Gasteiger partial charge is 0.433 e. The van der Waals surface area contributed by atoms with Crippen LogP contribution in [0.25, 0.3) is 0 Å². The maximum absolute atomic E-state index is 13.9. The summed E-state index contributed by atoms with van der Waals surface area (Å²) in [6, 6.07) is 22.5. The quantitative estimate of drug-likeness (QED) is 0.0689. The summed E-state index contributed by atoms with van der Waals surface area (Å²) in [5.41, 5.74) is 8.43. The molecule has 4 rings (SSSR count). The zero-order valence-electron chi connectivity index (χ0n) is 37.4. The molecule has 18 heteroatoms. The number of benzene rings is 4. The molecular weight excluding hydrogens is 817 g/mol. The fourth-order valence-corrected chi connectivity index (χ4v) is 5.37. The largest absolute Gasteiger partial charge is 0.465 e. The Labute approximate surface area is 366 Å². The van der Waals surface area contributed by atoms with E-state index in [1.165, 1.54) is 94.1 Å². The number of carbonyl (C=O) groups is 6. The number of hydrazine groups is 3. The Hall–Kier alpha value is -7.50. The molecule has 0 saturated carbocycles. The molecule has 0 heterocycles. The number of carbonyl (C=O) groups excluding carboxylic acids is 6. The van der Waals surface area contributed by atoms with E-state index in [1.54, 1.807) is 80.5 Å². The first-order chi connectivity index (χ1) is 29.4. The molecule has 0 atom stereocenters. The number of hydrogen-bond donors (Lipinski definition) is 3. The summed E-state index contributed by atoms with van der Waals surface area (Å²) in [6.45, 7) is 15.3. The zero-order valence-corrected chi connectivity index (χ0v) is 37.4. The van der Waals surface area contributed by atoms with Gasteiger partial charge in [0.2, 0.25) is 0 Å². The van der Waals surface area contributed by atoms with Gasteiger partial charge >= 0.3 is 36.2 Å². The molecule has 0 radical (unpaired) electrons. The van der Waals surface area contributed by atoms with Crippen LogP contribution in [0.2, 0.25) is 0 Å². The molecule has 63 heavy (non-hydrogen) atoms. The molecule has 0 aliphatic carbocycles. The summed E-state index contributed by atoms with van der Waals surface area (Å²) >= 11 is 0. The van der Waals surface area contributed by atoms with Crippen LogP contribution in [0, 0.1) is 0 Å². The number of methoxy groups -OCH3 is 3. The van der Waals surface area contributed by atoms with Crippen molar-refractivity contribution >= 4 is 70.3 Å². The van der Waals surface area contributed by atoms with Crippen molar-refractivity contribution in [1.29, 1.82) is 0 Å². The highest BCUT2D eigenvalue weighted by Crippen LogP contribution is 2.31. The van der Waals surface area contributed by atoms with Crippen molar-refractivity contribution in [3.05, 3.63) is 108 Å². The summed E-state index contributed by atoms with van der Waals surface area (Å²) in [5, 5.41) is 3.30. The molecule has 3 amide bonds. The SMILES string of the molecule is COC(=O)c1ccc(N(Nc2cc(NN(C(=O)OC(C)(C)C)c3ccc(C(=O)OC)cc3)cc(NN(C(=O)OC(C)(C)C)c3ccc(C(=O)OC)cc3)c2)C(=O)OC(C)(C)C)cc1. The standard InChI is InChI=1S/C45H54N6O12/c1-43(2,3)61-40(55)49(34-19-13-28(14-20-34)37(52)58-10)46-31-25-32(47-50(41(56)62-44(4,5)6)35-21-15-29(16-22-35)38(53)59-11)27-33(26-31)48-51(42(57)63-45(7,8)9)36-23-17-30(18-24-36)39(54)60-12/h13-27,46-48H,1-12H3. The normalized spacial score (nSPS) is 11.2. The first-order valence-corrected chi connectivity index (χ1v) is 19.5. The van der Waals surface area contributed by atoms with Gasteiger partial charge in [0.25, 0.3) is 0 Å². The monoisotopic (exact) mass is 870 g/mol. The van der Waals surface area contributed by atoms with E-state index in [2.05, 4.69) is 16.3 Å². The van der Waals surface area contributed by atoms with E-state index in [1.807, 2.05) is 0 Å². The Bertz CT molecular complexity index is 2010. The lowest BCUT2D eigenvalue weighted by molar-refractivity contribution is 0.0578. The lowest BCUT2D eigenvalue weighted by Crippen LogP contribution is -2.42. The van der Waals surface area contributed by atoms with Crippen LogP contribution in [0.3, 0.4) is 0 Å². The van der Waals surface area contributed by atoms with E-state index in [-0.39, 0.29) is 50.8 Å². The van der Waals surface area contributed by atoms with E-state index in [0.717, 1.165) is 15.0 Å². The van der Waals surface area contributed by atoms with Crippen LogP contribution >= 0.6 is 0 Å². The molecular formula is C45H54N6O12. The molecule has 0 aliphatic heterocycles. The molecule has 336 valence electrons. The number of rotatable bonds is 12. The van der Waals surface area contributed by atoms with Gasteiger partial charge in [-0.2, -0.15) is 15.0 Å². The van der Waals surface area contributed by atoms with E-state index in [4.69, 9.17) is 28.4 Å². The average molecular weight is 871 g/mol. The van der Waals surface area contributed by atoms with Gasteiger partial charge in [-0.05, 0) is 153 Å². The van der Waals surface area contributed by atoms with Gasteiger partial charge in [0.05, 0.1) is 72.1 Å². The van der Waals surface area contributed by atoms with Crippen molar-refractivity contribution in [3.8, 4) is 0 Å². The van der Waals surface area contributed by atoms with E-state index >= 15 is 0 Å². The average Bonchev–Trinajstić information content (AvgIpc) is 3.21. The van der Waals surface area contributed by atoms with E-state index < -0.39 is 53.0 Å². The summed E-state index contributed by atoms with van der Waals surface area (Å²) in [5.74, 6) is -1.76. The molecule has 0 fully saturated rings. The fraction of sp³-hybridized carbons (Fsp3) is 0.333. The second-order valence-corrected chi connectivity index (χ2v) is 16.7. The molecule has 3 N–H and O–H groups in total. The topological polar surface area (TPSA) is 204 Å². The van der Waals surface area contributed by atoms with Crippen molar-refractivity contribution < 1.29 is 57.2 Å². The lowest BCUT2D eigenvalue weighted by atomic mass is 10.2. The van der Waals surface area contributed by atoms with Gasteiger partial charge in [-0.1, -0.05) is 0 Å². The molecule has 18 nitrogen and oxygen atoms in total. The van der Waals surface area contributed by atoms with Crippen LogP contribution < -0.4 is 31.3 Å². The summed E-state index contributed by atoms with van der Waals surface area (Å²) in [6.07, 6.45) is -2.49. The summed E-state index contributed by atoms with van der Waals surface area (Å²) < 4.78 is 31.8. The molecule has 0 saturated heterocycles. The van der Waals surface area contributed by atoms with Crippen LogP contribution in [-0.2, 0) is 28.4 Å². The van der Waals surface area contributed by atoms with Gasteiger partial charge in [0.1, 0.15) is 16.8 Å². The second-order valence-electron chi connectivity index (χ2n) is 16.7. The third kappa shape index (κ3) is 14.0. The van der Waals surface area contributed by atoms with Crippen LogP contribution in [0.5, 0.6) is 0 Å². The number of nitrogens with zero attached hydrogens (tertiary/aromatic N) is 3. The minimum Gasteiger partial charge on any atom is -0.465 e. The van der Waals surface area contributed by atoms with Crippen molar-refractivity contribution in [2.45, 2.75) is 79.1 Å². The minimum atomic E-state index is -0.937. The Morgan fingerprint density at radius 1 is 0.381 bits per heavy atom. The van der Waals surface area contributed by atoms with Crippen molar-refractivity contribution in [2.24, 2.45) is 0 Å². The van der Waals surface area contributed by atoms with Gasteiger partial charge in [0.15, 0.2) is 0 Å². The molecule has 4 aromatic rings. The molecule has 0 spiro atoms. The van der Waals surface area contributed by atoms with Crippen LogP contribution in [0.15, 0.2) is 91.0 Å². The number of hydrogen-bond acceptors (Lipinski definition) is 15. The van der Waals surface area contributed by atoms with Gasteiger partial charge in [-0.25, -0.2) is 28.8 Å². The Morgan fingerprint density at radius 3 is 0.762 bits per heavy atom. The highest BCUT2D eigenvalue weighted by atomic mass is 16.6. The highest BCUT2D eigenvalue weighted by Gasteiger charge is 2.29. The Kier molecular flexibility index (Phi) is 15.2. The molecule has 0 aliphatic rings. The summed E-state index contributed by atoms with van der Waals surface area (Å²) in [4.78, 5) is 78.4. The Balaban J connectivity index is 1.92. The molecule has 4 aromatic carbocycles. The number of esters is 3. The number of amides is 3. The second kappa shape index (κ2) is 19.9. The molecule has 0 bridgehead atoms. The van der Waals surface area contributed by atoms with Crippen LogP contribution in [-0.4, -0.2) is 74.3 Å². The van der Waals surface area contributed by atoms with Crippen LogP contribution in [0.4, 0.5) is 48.5 Å². The third-order valence-electron chi connectivity index (χ3n) is 8.02. The van der Waals surface area contributed by atoms with Gasteiger partial charge in [0, 0.05) is 0 Å². The lowest BCUT2D eigenvalue weighted by Gasteiger charge is -2.31. The number of ether oxygens (including phenoxy) is 6. The van der Waals surface area contributed by atoms with E-state index in [0.29, 0.717) is 0 Å². The van der Waals surface area contributed by atoms with Gasteiger partial charge in [-0.15, -0.1) is 0 Å². The highest BCUT2D eigenvalue weighted by molar-refractivity contribution is 5.96. The Morgan fingerprint density at radius 2 is 0.587 bits per heavy atom. The van der Waals surface area contributed by atoms with E-state index in [9.17, 15) is 28.8 Å². The van der Waals surface area contributed by atoms with Gasteiger partial charge in [-0.3, -0.25) is 16.3 Å². The zero-order chi connectivity index (χ0) is 46.9. The number of nitrogens with one attached hydrogen (secondary N) is 3. The predicted octanol–water partition coefficient (Wildman–Crippen LogP) is 9.35. The van der Waals surface area contributed by atoms with Crippen LogP contribution in [0.1, 0.15) is 93.4 Å². The van der Waals surface area contributed by atoms with Gasteiger partial charge < -0.3 is 28.4 Å².